The second-order valence-corrected chi connectivity index (χ2v) is 6.78. The highest BCUT2D eigenvalue weighted by atomic mass is 19.1. The summed E-state index contributed by atoms with van der Waals surface area (Å²) in [4.78, 5) is 8.74. The minimum Gasteiger partial charge on any atom is -0.436 e. The van der Waals surface area contributed by atoms with E-state index in [1.54, 1.807) is 37.6 Å². The molecule has 8 heteroatoms. The molecule has 0 atom stereocenters. The zero-order chi connectivity index (χ0) is 19.7. The zero-order valence-electron chi connectivity index (χ0n) is 15.4. The molecular formula is C20H19FN6O. The van der Waals surface area contributed by atoms with Gasteiger partial charge in [0.25, 0.3) is 5.88 Å². The van der Waals surface area contributed by atoms with Crippen LogP contribution in [0.1, 0.15) is 35.6 Å². The third-order valence-corrected chi connectivity index (χ3v) is 4.62. The molecule has 1 saturated carbocycles. The van der Waals surface area contributed by atoms with Crippen LogP contribution in [-0.2, 0) is 13.5 Å². The molecule has 1 aliphatic carbocycles. The Bertz CT molecular complexity index is 1050. The molecule has 1 aromatic carbocycles. The summed E-state index contributed by atoms with van der Waals surface area (Å²) in [6.45, 7) is 0.511. The molecule has 0 unspecified atom stereocenters. The maximum absolute atomic E-state index is 14.8. The average molecular weight is 378 g/mol. The van der Waals surface area contributed by atoms with Crippen molar-refractivity contribution in [2.75, 3.05) is 6.54 Å². The van der Waals surface area contributed by atoms with Crippen molar-refractivity contribution in [3.8, 4) is 29.1 Å². The molecule has 0 aliphatic heterocycles. The molecule has 0 spiro atoms. The number of ether oxygens (including phenoxy) is 1. The van der Waals surface area contributed by atoms with Gasteiger partial charge in [-0.25, -0.2) is 14.6 Å². The molecule has 2 aromatic heterocycles. The van der Waals surface area contributed by atoms with E-state index in [9.17, 15) is 9.65 Å². The van der Waals surface area contributed by atoms with Crippen LogP contribution in [0.5, 0.6) is 11.6 Å². The molecule has 4 rings (SSSR count). The molecular weight excluding hydrogens is 359 g/mol. The first-order valence-corrected chi connectivity index (χ1v) is 9.06. The zero-order valence-corrected chi connectivity index (χ0v) is 15.4. The Morgan fingerprint density at radius 3 is 2.71 bits per heavy atom. The van der Waals surface area contributed by atoms with Gasteiger partial charge in [-0.2, -0.15) is 14.8 Å². The number of rotatable bonds is 6. The number of hydrogen-bond acceptors (Lipinski definition) is 6. The average Bonchev–Trinajstić information content (AvgIpc) is 3.51. The van der Waals surface area contributed by atoms with Crippen LogP contribution in [0, 0.1) is 17.1 Å². The number of nitrogens with zero attached hydrogens (tertiary/aromatic N) is 5. The molecule has 3 aromatic rings. The summed E-state index contributed by atoms with van der Waals surface area (Å²) in [5.74, 6) is 0.433. The second kappa shape index (κ2) is 7.37. The number of nitrogens with two attached hydrogens (primary N) is 1. The van der Waals surface area contributed by atoms with Crippen molar-refractivity contribution in [2.24, 2.45) is 12.8 Å². The third kappa shape index (κ3) is 3.44. The Kier molecular flexibility index (Phi) is 4.75. The van der Waals surface area contributed by atoms with E-state index in [0.29, 0.717) is 41.4 Å². The number of halogens is 1. The van der Waals surface area contributed by atoms with Gasteiger partial charge in [0.1, 0.15) is 11.4 Å². The van der Waals surface area contributed by atoms with Crippen molar-refractivity contribution in [3.05, 3.63) is 53.2 Å². The van der Waals surface area contributed by atoms with E-state index < -0.39 is 5.82 Å². The third-order valence-electron chi connectivity index (χ3n) is 4.62. The monoisotopic (exact) mass is 378 g/mol. The fraction of sp³-hybridized carbons (Fsp3) is 0.300. The first-order chi connectivity index (χ1) is 13.6. The Morgan fingerprint density at radius 2 is 2.07 bits per heavy atom. The van der Waals surface area contributed by atoms with Crippen LogP contribution in [0.15, 0.2) is 30.6 Å². The van der Waals surface area contributed by atoms with E-state index in [2.05, 4.69) is 21.1 Å². The van der Waals surface area contributed by atoms with Crippen LogP contribution >= 0.6 is 0 Å². The normalized spacial score (nSPS) is 13.4. The van der Waals surface area contributed by atoms with E-state index >= 15 is 0 Å². The van der Waals surface area contributed by atoms with Crippen molar-refractivity contribution in [1.82, 2.24) is 19.7 Å². The molecule has 142 valence electrons. The van der Waals surface area contributed by atoms with Gasteiger partial charge in [0, 0.05) is 25.4 Å². The summed E-state index contributed by atoms with van der Waals surface area (Å²) in [5, 5.41) is 13.5. The van der Waals surface area contributed by atoms with Crippen LogP contribution in [0.3, 0.4) is 0 Å². The minimum atomic E-state index is -0.461. The predicted molar refractivity (Wildman–Crippen MR) is 100 cm³/mol. The van der Waals surface area contributed by atoms with Crippen molar-refractivity contribution < 1.29 is 9.13 Å². The maximum atomic E-state index is 14.8. The van der Waals surface area contributed by atoms with Gasteiger partial charge >= 0.3 is 0 Å². The first-order valence-electron chi connectivity index (χ1n) is 9.06. The van der Waals surface area contributed by atoms with Gasteiger partial charge in [-0.05, 0) is 49.6 Å². The highest BCUT2D eigenvalue weighted by Crippen LogP contribution is 2.43. The fourth-order valence-corrected chi connectivity index (χ4v) is 2.99. The summed E-state index contributed by atoms with van der Waals surface area (Å²) in [5.41, 5.74) is 7.87. The minimum absolute atomic E-state index is 0.0120. The Labute approximate surface area is 161 Å². The number of aryl methyl sites for hydroxylation is 1. The van der Waals surface area contributed by atoms with Gasteiger partial charge in [-0.1, -0.05) is 0 Å². The van der Waals surface area contributed by atoms with Gasteiger partial charge in [0.2, 0.25) is 5.82 Å². The first kappa shape index (κ1) is 18.1. The van der Waals surface area contributed by atoms with E-state index in [1.165, 1.54) is 4.68 Å². The van der Waals surface area contributed by atoms with Crippen LogP contribution in [-0.4, -0.2) is 26.3 Å². The quantitative estimate of drug-likeness (QED) is 0.707. The lowest BCUT2D eigenvalue weighted by Crippen LogP contribution is -2.04. The lowest BCUT2D eigenvalue weighted by molar-refractivity contribution is 0.403. The Balaban J connectivity index is 1.73. The van der Waals surface area contributed by atoms with E-state index in [1.807, 2.05) is 0 Å². The van der Waals surface area contributed by atoms with Crippen molar-refractivity contribution in [1.29, 1.82) is 5.26 Å². The standard InChI is InChI=1S/C20H19FN6O/c1-27-20(17(21)18(26-27)14-3-4-14)28-16-8-12(9-23)2-5-15(16)19-24-10-13(6-7-22)11-25-19/h2,5,8,10-11,14H,3-4,6-7,22H2,1H3. The van der Waals surface area contributed by atoms with Gasteiger partial charge < -0.3 is 10.5 Å². The topological polar surface area (TPSA) is 103 Å². The largest absolute Gasteiger partial charge is 0.436 e. The molecule has 0 bridgehead atoms. The molecule has 1 fully saturated rings. The summed E-state index contributed by atoms with van der Waals surface area (Å²) in [7, 11) is 1.64. The molecule has 0 radical (unpaired) electrons. The smallest absolute Gasteiger partial charge is 0.254 e. The molecule has 1 aliphatic rings. The number of nitriles is 1. The highest BCUT2D eigenvalue weighted by Gasteiger charge is 2.33. The van der Waals surface area contributed by atoms with Gasteiger partial charge in [-0.15, -0.1) is 0 Å². The van der Waals surface area contributed by atoms with E-state index in [4.69, 9.17) is 10.5 Å². The number of hydrogen-bond donors (Lipinski definition) is 1. The lowest BCUT2D eigenvalue weighted by atomic mass is 10.1. The maximum Gasteiger partial charge on any atom is 0.254 e. The van der Waals surface area contributed by atoms with Crippen LogP contribution in [0.4, 0.5) is 4.39 Å². The summed E-state index contributed by atoms with van der Waals surface area (Å²) in [6.07, 6.45) is 5.96. The SMILES string of the molecule is Cn1nc(C2CC2)c(F)c1Oc1cc(C#N)ccc1-c1ncc(CCN)cn1. The van der Waals surface area contributed by atoms with Gasteiger partial charge in [-0.3, -0.25) is 0 Å². The summed E-state index contributed by atoms with van der Waals surface area (Å²) in [6, 6.07) is 6.96. The molecule has 0 amide bonds. The van der Waals surface area contributed by atoms with Gasteiger partial charge in [0.15, 0.2) is 5.82 Å². The Hall–Kier alpha value is -3.31. The Morgan fingerprint density at radius 1 is 1.32 bits per heavy atom. The number of aromatic nitrogens is 4. The van der Waals surface area contributed by atoms with E-state index in [0.717, 1.165) is 18.4 Å². The number of benzene rings is 1. The highest BCUT2D eigenvalue weighted by molar-refractivity contribution is 5.66. The molecule has 2 heterocycles. The molecule has 28 heavy (non-hydrogen) atoms. The van der Waals surface area contributed by atoms with Crippen molar-refractivity contribution in [2.45, 2.75) is 25.2 Å². The van der Waals surface area contributed by atoms with Gasteiger partial charge in [0.05, 0.1) is 17.2 Å². The molecule has 2 N–H and O–H groups in total. The van der Waals surface area contributed by atoms with E-state index in [-0.39, 0.29) is 11.8 Å². The molecule has 7 nitrogen and oxygen atoms in total. The lowest BCUT2D eigenvalue weighted by Gasteiger charge is -2.11. The molecule has 0 saturated heterocycles. The predicted octanol–water partition coefficient (Wildman–Crippen LogP) is 3.06. The van der Waals surface area contributed by atoms with Crippen molar-refractivity contribution >= 4 is 0 Å². The summed E-state index contributed by atoms with van der Waals surface area (Å²) >= 11 is 0. The second-order valence-electron chi connectivity index (χ2n) is 6.78. The van der Waals surface area contributed by atoms with Crippen LogP contribution in [0.25, 0.3) is 11.4 Å². The summed E-state index contributed by atoms with van der Waals surface area (Å²) < 4.78 is 22.1. The fourth-order valence-electron chi connectivity index (χ4n) is 2.99. The van der Waals surface area contributed by atoms with Crippen LogP contribution in [0.2, 0.25) is 0 Å². The van der Waals surface area contributed by atoms with Crippen molar-refractivity contribution in [3.63, 3.8) is 0 Å². The van der Waals surface area contributed by atoms with Crippen LogP contribution < -0.4 is 10.5 Å².